The Balaban J connectivity index is 1.13. The molecule has 1 aliphatic rings. The van der Waals surface area contributed by atoms with Gasteiger partial charge in [-0.1, -0.05) is 29.4 Å². The fourth-order valence-corrected chi connectivity index (χ4v) is 4.27. The molecule has 0 saturated heterocycles. The second-order valence-corrected chi connectivity index (χ2v) is 8.18. The average Bonchev–Trinajstić information content (AvgIpc) is 3.42. The zero-order valence-corrected chi connectivity index (χ0v) is 17.5. The molecule has 4 aromatic rings. The van der Waals surface area contributed by atoms with E-state index in [1.807, 2.05) is 60.0 Å². The minimum absolute atomic E-state index is 0.107. The van der Waals surface area contributed by atoms with Crippen LogP contribution >= 0.6 is 11.3 Å². The molecule has 0 fully saturated rings. The molecule has 5 rings (SSSR count). The third-order valence-corrected chi connectivity index (χ3v) is 5.87. The summed E-state index contributed by atoms with van der Waals surface area (Å²) in [6.07, 6.45) is -0.784. The van der Waals surface area contributed by atoms with Gasteiger partial charge in [-0.15, -0.1) is 11.3 Å². The molecular formula is C23H22N2O5S. The van der Waals surface area contributed by atoms with E-state index in [4.69, 9.17) is 18.7 Å². The molecule has 0 amide bonds. The van der Waals surface area contributed by atoms with Crippen LogP contribution in [0.3, 0.4) is 0 Å². The number of aromatic nitrogens is 1. The molecule has 160 valence electrons. The van der Waals surface area contributed by atoms with Crippen LogP contribution in [0.15, 0.2) is 64.5 Å². The Morgan fingerprint density at radius 3 is 2.90 bits per heavy atom. The molecule has 2 aromatic carbocycles. The van der Waals surface area contributed by atoms with Gasteiger partial charge in [-0.2, -0.15) is 0 Å². The number of benzene rings is 2. The molecule has 7 nitrogen and oxygen atoms in total. The van der Waals surface area contributed by atoms with Gasteiger partial charge in [0.1, 0.15) is 41.6 Å². The normalized spacial score (nSPS) is 16.4. The van der Waals surface area contributed by atoms with Gasteiger partial charge in [0.05, 0.1) is 0 Å². The van der Waals surface area contributed by atoms with Crippen LogP contribution in [-0.4, -0.2) is 48.8 Å². The number of fused-ring (bicyclic) bond motifs is 2. The number of ether oxygens (including phenoxy) is 3. The standard InChI is InChI=1S/C23H22N2O5S/c26-15(11-24-12-16-14-28-19-7-3-4-8-20(19)29-16)13-27-18-6-2-1-5-17(18)22-23-21(30-25-22)9-10-31-23/h1-10,15-16,24,26H,11-14H2. The highest BCUT2D eigenvalue weighted by Crippen LogP contribution is 2.36. The minimum Gasteiger partial charge on any atom is -0.490 e. The van der Waals surface area contributed by atoms with Crippen LogP contribution in [0.4, 0.5) is 0 Å². The average molecular weight is 439 g/mol. The van der Waals surface area contributed by atoms with Gasteiger partial charge in [-0.3, -0.25) is 0 Å². The van der Waals surface area contributed by atoms with Crippen LogP contribution < -0.4 is 19.5 Å². The van der Waals surface area contributed by atoms with Gasteiger partial charge < -0.3 is 29.2 Å². The van der Waals surface area contributed by atoms with E-state index in [1.165, 1.54) is 0 Å². The highest BCUT2D eigenvalue weighted by Gasteiger charge is 2.21. The first-order valence-corrected chi connectivity index (χ1v) is 11.0. The molecule has 8 heteroatoms. The summed E-state index contributed by atoms with van der Waals surface area (Å²) in [5, 5.41) is 19.7. The third-order valence-electron chi connectivity index (χ3n) is 4.97. The fourth-order valence-electron chi connectivity index (χ4n) is 3.46. The molecule has 2 unspecified atom stereocenters. The minimum atomic E-state index is -0.677. The van der Waals surface area contributed by atoms with Crippen LogP contribution in [-0.2, 0) is 0 Å². The number of hydrogen-bond acceptors (Lipinski definition) is 8. The molecule has 2 atom stereocenters. The summed E-state index contributed by atoms with van der Waals surface area (Å²) in [6.45, 7) is 1.57. The molecule has 0 radical (unpaired) electrons. The van der Waals surface area contributed by atoms with Gasteiger partial charge in [-0.05, 0) is 35.7 Å². The van der Waals surface area contributed by atoms with Gasteiger partial charge in [-0.25, -0.2) is 0 Å². The second-order valence-electron chi connectivity index (χ2n) is 7.26. The van der Waals surface area contributed by atoms with Crippen molar-refractivity contribution in [2.24, 2.45) is 0 Å². The molecule has 0 aliphatic carbocycles. The quantitative estimate of drug-likeness (QED) is 0.434. The Kier molecular flexibility index (Phi) is 5.75. The highest BCUT2D eigenvalue weighted by atomic mass is 32.1. The maximum absolute atomic E-state index is 10.4. The number of rotatable bonds is 8. The summed E-state index contributed by atoms with van der Waals surface area (Å²) in [5.74, 6) is 2.16. The second kappa shape index (κ2) is 8.97. The van der Waals surface area contributed by atoms with Crippen molar-refractivity contribution in [1.29, 1.82) is 0 Å². The summed E-state index contributed by atoms with van der Waals surface area (Å²) < 4.78 is 23.9. The van der Waals surface area contributed by atoms with Crippen molar-refractivity contribution >= 4 is 21.6 Å². The van der Waals surface area contributed by atoms with Gasteiger partial charge in [0.2, 0.25) is 0 Å². The zero-order valence-electron chi connectivity index (χ0n) is 16.7. The molecule has 1 aliphatic heterocycles. The van der Waals surface area contributed by atoms with Crippen LogP contribution in [0.5, 0.6) is 17.2 Å². The van der Waals surface area contributed by atoms with Crippen LogP contribution in [0.25, 0.3) is 21.5 Å². The number of aliphatic hydroxyl groups excluding tert-OH is 1. The Labute approximate surface area is 183 Å². The number of nitrogens with one attached hydrogen (secondary N) is 1. The van der Waals surface area contributed by atoms with Crippen molar-refractivity contribution in [3.8, 4) is 28.5 Å². The Hall–Kier alpha value is -3.07. The number of thiophene rings is 1. The number of hydrogen-bond donors (Lipinski definition) is 2. The maximum atomic E-state index is 10.4. The zero-order chi connectivity index (χ0) is 21.0. The van der Waals surface area contributed by atoms with Crippen molar-refractivity contribution in [2.75, 3.05) is 26.3 Å². The largest absolute Gasteiger partial charge is 0.490 e. The van der Waals surface area contributed by atoms with E-state index in [0.29, 0.717) is 25.4 Å². The van der Waals surface area contributed by atoms with E-state index in [9.17, 15) is 5.11 Å². The van der Waals surface area contributed by atoms with Crippen LogP contribution in [0.1, 0.15) is 0 Å². The van der Waals surface area contributed by atoms with E-state index in [1.54, 1.807) is 11.3 Å². The number of para-hydroxylation sites is 3. The Bertz CT molecular complexity index is 1160. The fraction of sp³-hybridized carbons (Fsp3) is 0.261. The summed E-state index contributed by atoms with van der Waals surface area (Å²) in [5.41, 5.74) is 2.36. The predicted octanol–water partition coefficient (Wildman–Crippen LogP) is 3.73. The topological polar surface area (TPSA) is 86.0 Å². The number of aliphatic hydroxyl groups is 1. The lowest BCUT2D eigenvalue weighted by molar-refractivity contribution is 0.0779. The van der Waals surface area contributed by atoms with E-state index in [2.05, 4.69) is 10.5 Å². The van der Waals surface area contributed by atoms with E-state index in [0.717, 1.165) is 33.0 Å². The van der Waals surface area contributed by atoms with E-state index >= 15 is 0 Å². The smallest absolute Gasteiger partial charge is 0.178 e. The first kappa shape index (κ1) is 19.9. The molecule has 2 aromatic heterocycles. The molecule has 2 N–H and O–H groups in total. The Morgan fingerprint density at radius 1 is 1.13 bits per heavy atom. The van der Waals surface area contributed by atoms with Crippen LogP contribution in [0, 0.1) is 0 Å². The maximum Gasteiger partial charge on any atom is 0.178 e. The lowest BCUT2D eigenvalue weighted by Crippen LogP contribution is -2.41. The Morgan fingerprint density at radius 2 is 1.97 bits per heavy atom. The first-order chi connectivity index (χ1) is 15.3. The van der Waals surface area contributed by atoms with Crippen molar-refractivity contribution in [1.82, 2.24) is 10.5 Å². The first-order valence-electron chi connectivity index (χ1n) is 10.1. The van der Waals surface area contributed by atoms with Crippen LogP contribution in [0.2, 0.25) is 0 Å². The lowest BCUT2D eigenvalue weighted by Gasteiger charge is -2.27. The van der Waals surface area contributed by atoms with Crippen molar-refractivity contribution in [2.45, 2.75) is 12.2 Å². The summed E-state index contributed by atoms with van der Waals surface area (Å²) >= 11 is 1.58. The molecule has 3 heterocycles. The van der Waals surface area contributed by atoms with E-state index < -0.39 is 6.10 Å². The van der Waals surface area contributed by atoms with Gasteiger partial charge in [0.25, 0.3) is 0 Å². The van der Waals surface area contributed by atoms with Gasteiger partial charge in [0.15, 0.2) is 17.1 Å². The number of nitrogens with zero attached hydrogens (tertiary/aromatic N) is 1. The third kappa shape index (κ3) is 4.36. The predicted molar refractivity (Wildman–Crippen MR) is 118 cm³/mol. The summed E-state index contributed by atoms with van der Waals surface area (Å²) in [4.78, 5) is 0. The summed E-state index contributed by atoms with van der Waals surface area (Å²) in [6, 6.07) is 17.1. The molecule has 31 heavy (non-hydrogen) atoms. The van der Waals surface area contributed by atoms with Crippen molar-refractivity contribution < 1.29 is 23.8 Å². The molecule has 0 spiro atoms. The van der Waals surface area contributed by atoms with E-state index in [-0.39, 0.29) is 12.7 Å². The summed E-state index contributed by atoms with van der Waals surface area (Å²) in [7, 11) is 0. The van der Waals surface area contributed by atoms with Gasteiger partial charge in [0, 0.05) is 18.7 Å². The molecular weight excluding hydrogens is 416 g/mol. The molecule has 0 bridgehead atoms. The molecule has 0 saturated carbocycles. The SMILES string of the molecule is OC(CNCC1COc2ccccc2O1)COc1ccccc1-c1noc2ccsc12. The lowest BCUT2D eigenvalue weighted by atomic mass is 10.1. The monoisotopic (exact) mass is 438 g/mol. The highest BCUT2D eigenvalue weighted by molar-refractivity contribution is 7.17. The van der Waals surface area contributed by atoms with Crippen molar-refractivity contribution in [3.05, 3.63) is 60.0 Å². The van der Waals surface area contributed by atoms with Gasteiger partial charge >= 0.3 is 0 Å². The van der Waals surface area contributed by atoms with Crippen molar-refractivity contribution in [3.63, 3.8) is 0 Å².